The fourth-order valence-corrected chi connectivity index (χ4v) is 4.66. The maximum atomic E-state index is 11.7. The first-order valence-corrected chi connectivity index (χ1v) is 12.6. The lowest BCUT2D eigenvalue weighted by molar-refractivity contribution is -0.110. The molecule has 4 heteroatoms. The van der Waals surface area contributed by atoms with Crippen LogP contribution < -0.4 is 10.1 Å². The van der Waals surface area contributed by atoms with Gasteiger partial charge in [-0.1, -0.05) is 69.8 Å². The van der Waals surface area contributed by atoms with Gasteiger partial charge in [0.2, 0.25) is 0 Å². The van der Waals surface area contributed by atoms with Crippen LogP contribution in [0.15, 0.2) is 79.5 Å². The summed E-state index contributed by atoms with van der Waals surface area (Å²) in [5.41, 5.74) is 4.53. The molecule has 4 nitrogen and oxygen atoms in total. The number of carbonyl (C=O) groups excluding carboxylic acids is 1. The Bertz CT molecular complexity index is 1220. The number of allylic oxidation sites excluding steroid dienone is 1. The maximum absolute atomic E-state index is 11.7. The van der Waals surface area contributed by atoms with Crippen LogP contribution in [0.25, 0.3) is 22.2 Å². The Morgan fingerprint density at radius 3 is 2.63 bits per heavy atom. The highest BCUT2D eigenvalue weighted by Gasteiger charge is 2.53. The fraction of sp³-hybridized carbons (Fsp3) is 0.355. The van der Waals surface area contributed by atoms with Crippen molar-refractivity contribution in [3.05, 3.63) is 85.1 Å². The van der Waals surface area contributed by atoms with Gasteiger partial charge >= 0.3 is 0 Å². The zero-order valence-corrected chi connectivity index (χ0v) is 21.1. The summed E-state index contributed by atoms with van der Waals surface area (Å²) in [6.07, 6.45) is 6.26. The van der Waals surface area contributed by atoms with Crippen molar-refractivity contribution in [2.24, 2.45) is 11.8 Å². The molecule has 2 aromatic carbocycles. The number of pyridine rings is 1. The molecule has 0 saturated heterocycles. The predicted octanol–water partition coefficient (Wildman–Crippen LogP) is 6.89. The van der Waals surface area contributed by atoms with Gasteiger partial charge in [-0.2, -0.15) is 0 Å². The monoisotopic (exact) mass is 468 g/mol. The third-order valence-corrected chi connectivity index (χ3v) is 7.22. The second-order valence-electron chi connectivity index (χ2n) is 9.72. The highest BCUT2D eigenvalue weighted by molar-refractivity contribution is 5.88. The number of aryl methyl sites for hydroxylation is 1. The topological polar surface area (TPSA) is 51.2 Å². The molecule has 0 amide bonds. The number of rotatable bonds is 12. The van der Waals surface area contributed by atoms with E-state index >= 15 is 0 Å². The second kappa shape index (κ2) is 10.5. The van der Waals surface area contributed by atoms with Crippen LogP contribution in [0.1, 0.15) is 45.6 Å². The highest BCUT2D eigenvalue weighted by Crippen LogP contribution is 2.43. The lowest BCUT2D eigenvalue weighted by Gasteiger charge is -2.26. The lowest BCUT2D eigenvalue weighted by atomic mass is 9.98. The Morgan fingerprint density at radius 1 is 1.23 bits per heavy atom. The number of carbonyl (C=O) groups is 1. The van der Waals surface area contributed by atoms with Crippen LogP contribution in [0.5, 0.6) is 5.75 Å². The van der Waals surface area contributed by atoms with E-state index in [9.17, 15) is 4.79 Å². The molecule has 4 atom stereocenters. The number of fused-ring (bicyclic) bond motifs is 1. The van der Waals surface area contributed by atoms with E-state index in [1.165, 1.54) is 5.56 Å². The summed E-state index contributed by atoms with van der Waals surface area (Å²) in [5.74, 6) is 1.18. The molecule has 0 radical (unpaired) electrons. The first kappa shape index (κ1) is 24.7. The quantitative estimate of drug-likeness (QED) is 0.232. The zero-order valence-electron chi connectivity index (χ0n) is 21.1. The molecule has 1 fully saturated rings. The molecule has 1 aromatic heterocycles. The number of nitrogens with one attached hydrogen (secondary N) is 1. The molecule has 0 aliphatic heterocycles. The SMILES string of the molecule is C=C[C@H]1CC1(C=O)NC(=C)[C@@H](C)CC(CC)Oc1cc(-c2ccccc2)nc2cc(CC)ccc12. The molecule has 4 rings (SSSR count). The van der Waals surface area contributed by atoms with Gasteiger partial charge < -0.3 is 14.8 Å². The molecule has 1 saturated carbocycles. The smallest absolute Gasteiger partial charge is 0.145 e. The van der Waals surface area contributed by atoms with Crippen LogP contribution in [-0.2, 0) is 11.2 Å². The Balaban J connectivity index is 1.57. The number of aldehydes is 1. The maximum Gasteiger partial charge on any atom is 0.145 e. The van der Waals surface area contributed by atoms with E-state index in [-0.39, 0.29) is 17.9 Å². The number of hydrogen-bond acceptors (Lipinski definition) is 4. The third-order valence-electron chi connectivity index (χ3n) is 7.22. The zero-order chi connectivity index (χ0) is 25.0. The molecule has 0 bridgehead atoms. The molecule has 0 spiro atoms. The van der Waals surface area contributed by atoms with Crippen molar-refractivity contribution < 1.29 is 9.53 Å². The van der Waals surface area contributed by atoms with Crippen molar-refractivity contribution in [3.8, 4) is 17.0 Å². The van der Waals surface area contributed by atoms with Crippen LogP contribution in [0.3, 0.4) is 0 Å². The highest BCUT2D eigenvalue weighted by atomic mass is 16.5. The molecule has 1 aliphatic carbocycles. The lowest BCUT2D eigenvalue weighted by Crippen LogP contribution is -2.36. The van der Waals surface area contributed by atoms with Gasteiger partial charge in [-0.05, 0) is 49.3 Å². The molecule has 2 unspecified atom stereocenters. The van der Waals surface area contributed by atoms with Gasteiger partial charge in [0.1, 0.15) is 12.0 Å². The summed E-state index contributed by atoms with van der Waals surface area (Å²) in [7, 11) is 0. The first-order valence-electron chi connectivity index (χ1n) is 12.6. The van der Waals surface area contributed by atoms with Crippen molar-refractivity contribution in [1.29, 1.82) is 0 Å². The molecular weight excluding hydrogens is 432 g/mol. The van der Waals surface area contributed by atoms with E-state index in [4.69, 9.17) is 9.72 Å². The van der Waals surface area contributed by atoms with Crippen molar-refractivity contribution in [2.45, 2.75) is 58.1 Å². The number of nitrogens with zero attached hydrogens (tertiary/aromatic N) is 1. The summed E-state index contributed by atoms with van der Waals surface area (Å²) >= 11 is 0. The molecule has 1 heterocycles. The molecule has 35 heavy (non-hydrogen) atoms. The summed E-state index contributed by atoms with van der Waals surface area (Å²) in [6, 6.07) is 18.7. The Hall–Kier alpha value is -3.40. The van der Waals surface area contributed by atoms with Crippen LogP contribution in [-0.4, -0.2) is 22.9 Å². The second-order valence-corrected chi connectivity index (χ2v) is 9.72. The van der Waals surface area contributed by atoms with Gasteiger partial charge in [-0.25, -0.2) is 4.98 Å². The van der Waals surface area contributed by atoms with Crippen LogP contribution in [0.4, 0.5) is 0 Å². The minimum absolute atomic E-state index is 0.00482. The van der Waals surface area contributed by atoms with Gasteiger partial charge in [0, 0.05) is 28.6 Å². The Morgan fingerprint density at radius 2 is 2.00 bits per heavy atom. The largest absolute Gasteiger partial charge is 0.490 e. The van der Waals surface area contributed by atoms with Crippen LogP contribution in [0, 0.1) is 11.8 Å². The molecule has 3 aromatic rings. The van der Waals surface area contributed by atoms with Crippen LogP contribution >= 0.6 is 0 Å². The van der Waals surface area contributed by atoms with Crippen LogP contribution in [0.2, 0.25) is 0 Å². The number of benzene rings is 2. The predicted molar refractivity (Wildman–Crippen MR) is 144 cm³/mol. The van der Waals surface area contributed by atoms with Gasteiger partial charge in [0.25, 0.3) is 0 Å². The van der Waals surface area contributed by atoms with E-state index in [0.717, 1.165) is 65.6 Å². The molecule has 1 aliphatic rings. The minimum atomic E-state index is -0.529. The number of hydrogen-bond donors (Lipinski definition) is 1. The van der Waals surface area contributed by atoms with Crippen molar-refractivity contribution in [3.63, 3.8) is 0 Å². The average molecular weight is 469 g/mol. The summed E-state index contributed by atoms with van der Waals surface area (Å²) in [6.45, 7) is 14.5. The average Bonchev–Trinajstić information content (AvgIpc) is 3.61. The van der Waals surface area contributed by atoms with Gasteiger partial charge in [0.05, 0.1) is 22.9 Å². The third kappa shape index (κ3) is 5.32. The molecule has 182 valence electrons. The van der Waals surface area contributed by atoms with Crippen molar-refractivity contribution >= 4 is 17.2 Å². The summed E-state index contributed by atoms with van der Waals surface area (Å²) in [5, 5.41) is 4.41. The summed E-state index contributed by atoms with van der Waals surface area (Å²) < 4.78 is 6.65. The van der Waals surface area contributed by atoms with E-state index in [1.54, 1.807) is 0 Å². The fourth-order valence-electron chi connectivity index (χ4n) is 4.66. The number of aromatic nitrogens is 1. The van der Waals surface area contributed by atoms with Crippen molar-refractivity contribution in [1.82, 2.24) is 10.3 Å². The van der Waals surface area contributed by atoms with E-state index in [0.29, 0.717) is 0 Å². The molecular formula is C31H36N2O2. The van der Waals surface area contributed by atoms with Crippen molar-refractivity contribution in [2.75, 3.05) is 0 Å². The van der Waals surface area contributed by atoms with Gasteiger partial charge in [0.15, 0.2) is 0 Å². The van der Waals surface area contributed by atoms with Gasteiger partial charge in [-0.3, -0.25) is 0 Å². The normalized spacial score (nSPS) is 20.6. The Labute approximate surface area is 209 Å². The van der Waals surface area contributed by atoms with Gasteiger partial charge in [-0.15, -0.1) is 6.58 Å². The van der Waals surface area contributed by atoms with E-state index in [2.05, 4.69) is 75.6 Å². The number of ether oxygens (including phenoxy) is 1. The summed E-state index contributed by atoms with van der Waals surface area (Å²) in [4.78, 5) is 16.6. The van der Waals surface area contributed by atoms with E-state index in [1.807, 2.05) is 24.3 Å². The first-order chi connectivity index (χ1) is 16.9. The van der Waals surface area contributed by atoms with E-state index < -0.39 is 5.54 Å². The Kier molecular flexibility index (Phi) is 7.39. The molecule has 1 N–H and O–H groups in total. The standard InChI is InChI=1S/C31H36N2O2/c1-6-23-14-15-27-29(17-23)32-28(24-12-10-9-11-13-24)18-30(27)35-26(8-3)16-21(4)22(5)33-31(20-34)19-25(31)7-2/h7,9-15,17-18,20-21,25-26,33H,2,5-6,8,16,19H2,1,3-4H3/t21-,25-,26?,31?/m0/s1. The minimum Gasteiger partial charge on any atom is -0.490 e.